The van der Waals surface area contributed by atoms with Crippen LogP contribution in [0.25, 0.3) is 11.1 Å². The number of hydrogen-bond donors (Lipinski definition) is 3. The van der Waals surface area contributed by atoms with E-state index >= 15 is 0 Å². The number of unbranched alkanes of at least 4 members (excludes halogenated alkanes) is 1. The fourth-order valence-corrected chi connectivity index (χ4v) is 4.96. The molecule has 8 nitrogen and oxygen atoms in total. The predicted molar refractivity (Wildman–Crippen MR) is 128 cm³/mol. The molecule has 2 aromatic rings. The van der Waals surface area contributed by atoms with Crippen LogP contribution in [-0.4, -0.2) is 57.0 Å². The van der Waals surface area contributed by atoms with Crippen molar-refractivity contribution < 1.29 is 4.79 Å². The molecule has 8 heteroatoms. The average molecular weight is 450 g/mol. The lowest BCUT2D eigenvalue weighted by molar-refractivity contribution is -0.134. The van der Waals surface area contributed by atoms with E-state index in [2.05, 4.69) is 33.1 Å². The van der Waals surface area contributed by atoms with Crippen molar-refractivity contribution in [2.45, 2.75) is 82.3 Å². The van der Waals surface area contributed by atoms with Crippen LogP contribution in [0.5, 0.6) is 0 Å². The normalized spacial score (nSPS) is 23.6. The van der Waals surface area contributed by atoms with E-state index in [1.807, 2.05) is 35.6 Å². The van der Waals surface area contributed by atoms with Crippen LogP contribution in [0.4, 0.5) is 5.95 Å². The number of amides is 1. The molecule has 176 valence electrons. The number of nitrogens with zero attached hydrogens (tertiary/aromatic N) is 4. The maximum atomic E-state index is 13.1. The van der Waals surface area contributed by atoms with Crippen molar-refractivity contribution in [3.05, 3.63) is 36.4 Å². The second kappa shape index (κ2) is 10.1. The van der Waals surface area contributed by atoms with Gasteiger partial charge in [-0.05, 0) is 56.2 Å². The molecule has 2 saturated heterocycles. The summed E-state index contributed by atoms with van der Waals surface area (Å²) in [6.07, 6.45) is 14.2. The minimum Gasteiger partial charge on any atom is -0.351 e. The van der Waals surface area contributed by atoms with E-state index in [1.54, 1.807) is 0 Å². The summed E-state index contributed by atoms with van der Waals surface area (Å²) >= 11 is 0. The molecule has 0 aromatic carbocycles. The van der Waals surface area contributed by atoms with Gasteiger partial charge in [0.2, 0.25) is 11.9 Å². The number of hydrogen-bond acceptors (Lipinski definition) is 7. The lowest BCUT2D eigenvalue weighted by Crippen LogP contribution is -2.48. The summed E-state index contributed by atoms with van der Waals surface area (Å²) in [4.78, 5) is 28.9. The summed E-state index contributed by atoms with van der Waals surface area (Å²) < 4.78 is 0. The molecule has 33 heavy (non-hydrogen) atoms. The van der Waals surface area contributed by atoms with Crippen LogP contribution in [0.3, 0.4) is 0 Å². The molecular formula is C25H35N7O. The molecule has 0 radical (unpaired) electrons. The molecule has 2 aliphatic heterocycles. The zero-order valence-corrected chi connectivity index (χ0v) is 19.5. The van der Waals surface area contributed by atoms with E-state index in [1.165, 1.54) is 25.7 Å². The van der Waals surface area contributed by atoms with Crippen LogP contribution >= 0.6 is 0 Å². The summed E-state index contributed by atoms with van der Waals surface area (Å²) in [5.41, 5.74) is 9.82. The third-order valence-electron chi connectivity index (χ3n) is 7.10. The van der Waals surface area contributed by atoms with Gasteiger partial charge in [0.15, 0.2) is 0 Å². The molecule has 0 bridgehead atoms. The molecule has 3 N–H and O–H groups in total. The van der Waals surface area contributed by atoms with Crippen LogP contribution in [0, 0.1) is 0 Å². The number of pyridine rings is 1. The van der Waals surface area contributed by atoms with Crippen LogP contribution in [0.1, 0.15) is 69.9 Å². The summed E-state index contributed by atoms with van der Waals surface area (Å²) in [5.74, 6) is 1.27. The smallest absolute Gasteiger partial charge is 0.241 e. The van der Waals surface area contributed by atoms with Crippen molar-refractivity contribution in [2.24, 2.45) is 0 Å². The number of piperidine rings is 1. The highest BCUT2D eigenvalue weighted by Crippen LogP contribution is 2.35. The molecule has 5 rings (SSSR count). The van der Waals surface area contributed by atoms with E-state index in [9.17, 15) is 4.79 Å². The van der Waals surface area contributed by atoms with Crippen molar-refractivity contribution in [3.63, 3.8) is 0 Å². The molecule has 1 saturated carbocycles. The number of anilines is 1. The quantitative estimate of drug-likeness (QED) is 0.569. The Hall–Kier alpha value is -2.58. The van der Waals surface area contributed by atoms with Gasteiger partial charge in [-0.25, -0.2) is 15.4 Å². The minimum atomic E-state index is -0.107. The summed E-state index contributed by atoms with van der Waals surface area (Å²) in [7, 11) is 0. The van der Waals surface area contributed by atoms with Crippen molar-refractivity contribution in [1.29, 1.82) is 0 Å². The summed E-state index contributed by atoms with van der Waals surface area (Å²) in [6, 6.07) is 4.84. The van der Waals surface area contributed by atoms with Gasteiger partial charge in [0.25, 0.3) is 0 Å². The van der Waals surface area contributed by atoms with E-state index in [4.69, 9.17) is 4.98 Å². The van der Waals surface area contributed by atoms with E-state index in [-0.39, 0.29) is 11.9 Å². The number of likely N-dealkylation sites (tertiary alicyclic amines) is 1. The third kappa shape index (κ3) is 5.33. The Bertz CT molecular complexity index is 941. The van der Waals surface area contributed by atoms with Crippen LogP contribution < -0.4 is 16.2 Å². The van der Waals surface area contributed by atoms with E-state index in [0.29, 0.717) is 18.0 Å². The largest absolute Gasteiger partial charge is 0.351 e. The molecular weight excluding hydrogens is 414 g/mol. The Kier molecular flexibility index (Phi) is 6.83. The molecule has 3 aliphatic rings. The van der Waals surface area contributed by atoms with Gasteiger partial charge in [-0.3, -0.25) is 15.2 Å². The number of rotatable bonds is 8. The molecule has 1 amide bonds. The predicted octanol–water partition coefficient (Wildman–Crippen LogP) is 3.24. The molecule has 1 aliphatic carbocycles. The highest BCUT2D eigenvalue weighted by atomic mass is 16.2. The van der Waals surface area contributed by atoms with Gasteiger partial charge in [-0.1, -0.05) is 19.8 Å². The Morgan fingerprint density at radius 1 is 1.15 bits per heavy atom. The molecule has 4 heterocycles. The van der Waals surface area contributed by atoms with E-state index < -0.39 is 0 Å². The van der Waals surface area contributed by atoms with Crippen LogP contribution in [-0.2, 0) is 4.79 Å². The molecule has 2 atom stereocenters. The van der Waals surface area contributed by atoms with Crippen LogP contribution in [0.2, 0.25) is 0 Å². The van der Waals surface area contributed by atoms with Gasteiger partial charge >= 0.3 is 0 Å². The van der Waals surface area contributed by atoms with Gasteiger partial charge in [-0.2, -0.15) is 0 Å². The van der Waals surface area contributed by atoms with Crippen molar-refractivity contribution in [1.82, 2.24) is 30.7 Å². The lowest BCUT2D eigenvalue weighted by Gasteiger charge is -2.34. The zero-order valence-electron chi connectivity index (χ0n) is 19.5. The molecule has 3 fully saturated rings. The number of nitrogens with one attached hydrogen (secondary N) is 3. The first-order valence-corrected chi connectivity index (χ1v) is 12.5. The van der Waals surface area contributed by atoms with Crippen molar-refractivity contribution in [2.75, 3.05) is 18.4 Å². The van der Waals surface area contributed by atoms with Crippen molar-refractivity contribution in [3.8, 4) is 11.1 Å². The topological polar surface area (TPSA) is 95.1 Å². The van der Waals surface area contributed by atoms with Gasteiger partial charge in [0.05, 0.1) is 5.69 Å². The third-order valence-corrected chi connectivity index (χ3v) is 7.10. The molecule has 2 aromatic heterocycles. The number of hydrazine groups is 1. The standard InChI is InChI=1S/C25H35N7O/c1-2-3-4-20-15-22(31-30-20)24(33)32-13-9-18(10-14-32)23-21(17-7-11-26-12-8-17)16-27-25(29-23)28-19-5-6-19/h7-8,11-12,16,18-20,22,30-31H,2-6,9-10,13-15H2,1H3,(H,27,28,29). The van der Waals surface area contributed by atoms with E-state index in [0.717, 1.165) is 61.5 Å². The lowest BCUT2D eigenvalue weighted by atomic mass is 9.88. The van der Waals surface area contributed by atoms with Gasteiger partial charge < -0.3 is 10.2 Å². The maximum Gasteiger partial charge on any atom is 0.241 e. The second-order valence-electron chi connectivity index (χ2n) is 9.66. The monoisotopic (exact) mass is 449 g/mol. The highest BCUT2D eigenvalue weighted by Gasteiger charge is 2.34. The Morgan fingerprint density at radius 3 is 2.67 bits per heavy atom. The minimum absolute atomic E-state index is 0.107. The molecule has 2 unspecified atom stereocenters. The first-order valence-electron chi connectivity index (χ1n) is 12.5. The number of aromatic nitrogens is 3. The molecule has 0 spiro atoms. The number of carbonyl (C=O) groups excluding carboxylic acids is 1. The average Bonchev–Trinajstić information content (AvgIpc) is 3.56. The fraction of sp³-hybridized carbons (Fsp3) is 0.600. The Morgan fingerprint density at radius 2 is 1.94 bits per heavy atom. The first-order chi connectivity index (χ1) is 16.2. The van der Waals surface area contributed by atoms with Gasteiger partial charge in [0, 0.05) is 55.2 Å². The SMILES string of the molecule is CCCCC1CC(C(=O)N2CCC(c3nc(NC4CC4)ncc3-c3ccncc3)CC2)NN1. The number of carbonyl (C=O) groups is 1. The Balaban J connectivity index is 1.26. The van der Waals surface area contributed by atoms with Gasteiger partial charge in [-0.15, -0.1) is 0 Å². The Labute approximate surface area is 196 Å². The van der Waals surface area contributed by atoms with Crippen LogP contribution in [0.15, 0.2) is 30.7 Å². The summed E-state index contributed by atoms with van der Waals surface area (Å²) in [6.45, 7) is 3.75. The maximum absolute atomic E-state index is 13.1. The first kappa shape index (κ1) is 22.2. The summed E-state index contributed by atoms with van der Waals surface area (Å²) in [5, 5.41) is 3.44. The highest BCUT2D eigenvalue weighted by molar-refractivity contribution is 5.82. The fourth-order valence-electron chi connectivity index (χ4n) is 4.96. The van der Waals surface area contributed by atoms with Gasteiger partial charge in [0.1, 0.15) is 6.04 Å². The van der Waals surface area contributed by atoms with Crippen molar-refractivity contribution >= 4 is 11.9 Å². The second-order valence-corrected chi connectivity index (χ2v) is 9.66. The zero-order chi connectivity index (χ0) is 22.6.